The lowest BCUT2D eigenvalue weighted by Crippen LogP contribution is -2.53. The van der Waals surface area contributed by atoms with E-state index < -0.39 is 16.1 Å². The number of carbonyl (C=O) groups excluding carboxylic acids is 1. The van der Waals surface area contributed by atoms with Gasteiger partial charge in [-0.15, -0.1) is 0 Å². The molecule has 1 aliphatic rings. The number of sulfonamides is 1. The van der Waals surface area contributed by atoms with Crippen molar-refractivity contribution in [1.29, 1.82) is 0 Å². The molecule has 1 unspecified atom stereocenters. The maximum atomic E-state index is 12.4. The second kappa shape index (κ2) is 7.07. The topological polar surface area (TPSA) is 66.9 Å². The van der Waals surface area contributed by atoms with Crippen LogP contribution < -0.4 is 4.74 Å². The zero-order valence-electron chi connectivity index (χ0n) is 13.5. The summed E-state index contributed by atoms with van der Waals surface area (Å²) in [5, 5.41) is 0.647. The molecule has 2 rings (SSSR count). The Morgan fingerprint density at radius 2 is 1.87 bits per heavy atom. The summed E-state index contributed by atoms with van der Waals surface area (Å²) in [5.74, 6) is 0.438. The van der Waals surface area contributed by atoms with Crippen LogP contribution in [0.25, 0.3) is 0 Å². The van der Waals surface area contributed by atoms with E-state index in [1.54, 1.807) is 30.0 Å². The first-order valence-electron chi connectivity index (χ1n) is 7.35. The van der Waals surface area contributed by atoms with Crippen LogP contribution in [0.1, 0.15) is 12.5 Å². The highest BCUT2D eigenvalue weighted by Gasteiger charge is 2.29. The van der Waals surface area contributed by atoms with Gasteiger partial charge < -0.3 is 9.64 Å². The number of amides is 1. The molecule has 0 bridgehead atoms. The van der Waals surface area contributed by atoms with Gasteiger partial charge in [0.2, 0.25) is 10.0 Å². The molecule has 23 heavy (non-hydrogen) atoms. The number of hydrogen-bond acceptors (Lipinski definition) is 4. The van der Waals surface area contributed by atoms with Gasteiger partial charge in [-0.3, -0.25) is 4.79 Å². The Labute approximate surface area is 142 Å². The Hall–Kier alpha value is -1.31. The molecule has 0 N–H and O–H groups in total. The number of nitrogens with zero attached hydrogens (tertiary/aromatic N) is 2. The molecule has 1 fully saturated rings. The van der Waals surface area contributed by atoms with Gasteiger partial charge >= 0.3 is 0 Å². The van der Waals surface area contributed by atoms with E-state index in [4.69, 9.17) is 16.3 Å². The number of hydrogen-bond donors (Lipinski definition) is 0. The Morgan fingerprint density at radius 1 is 1.26 bits per heavy atom. The number of halogens is 1. The molecule has 1 aromatic rings. The number of aryl methyl sites for hydroxylation is 1. The van der Waals surface area contributed by atoms with Crippen molar-refractivity contribution in [1.82, 2.24) is 9.21 Å². The zero-order chi connectivity index (χ0) is 17.2. The molecule has 0 saturated carbocycles. The predicted molar refractivity (Wildman–Crippen MR) is 89.3 cm³/mol. The van der Waals surface area contributed by atoms with Gasteiger partial charge in [0.15, 0.2) is 6.10 Å². The van der Waals surface area contributed by atoms with Crippen LogP contribution in [-0.4, -0.2) is 62.1 Å². The molecule has 0 aliphatic carbocycles. The molecule has 1 heterocycles. The van der Waals surface area contributed by atoms with Gasteiger partial charge in [0, 0.05) is 31.2 Å². The summed E-state index contributed by atoms with van der Waals surface area (Å²) in [5.41, 5.74) is 0.880. The molecule has 8 heteroatoms. The molecule has 6 nitrogen and oxygen atoms in total. The van der Waals surface area contributed by atoms with Crippen molar-refractivity contribution in [2.75, 3.05) is 32.4 Å². The molecular weight excluding hydrogens is 340 g/mol. The molecule has 128 valence electrons. The minimum atomic E-state index is -3.20. The van der Waals surface area contributed by atoms with Gasteiger partial charge in [-0.25, -0.2) is 8.42 Å². The second-order valence-corrected chi connectivity index (χ2v) is 8.05. The SMILES string of the molecule is Cc1cc(OC(C)C(=O)N2CCN(S(C)(=O)=O)CC2)ccc1Cl. The minimum Gasteiger partial charge on any atom is -0.481 e. The number of benzene rings is 1. The molecule has 0 aromatic heterocycles. The zero-order valence-corrected chi connectivity index (χ0v) is 15.0. The maximum absolute atomic E-state index is 12.4. The normalized spacial score (nSPS) is 17.8. The van der Waals surface area contributed by atoms with E-state index in [9.17, 15) is 13.2 Å². The number of carbonyl (C=O) groups is 1. The summed E-state index contributed by atoms with van der Waals surface area (Å²) < 4.78 is 30.0. The first kappa shape index (κ1) is 18.0. The molecule has 1 aliphatic heterocycles. The molecule has 1 aromatic carbocycles. The Balaban J connectivity index is 1.94. The van der Waals surface area contributed by atoms with E-state index in [0.717, 1.165) is 5.56 Å². The van der Waals surface area contributed by atoms with Crippen molar-refractivity contribution < 1.29 is 17.9 Å². The molecule has 1 amide bonds. The van der Waals surface area contributed by atoms with Crippen molar-refractivity contribution in [3.05, 3.63) is 28.8 Å². The van der Waals surface area contributed by atoms with Gasteiger partial charge in [0.25, 0.3) is 5.91 Å². The molecule has 1 saturated heterocycles. The highest BCUT2D eigenvalue weighted by Crippen LogP contribution is 2.22. The van der Waals surface area contributed by atoms with E-state index in [2.05, 4.69) is 0 Å². The van der Waals surface area contributed by atoms with Crippen LogP contribution in [-0.2, 0) is 14.8 Å². The lowest BCUT2D eigenvalue weighted by atomic mass is 10.2. The van der Waals surface area contributed by atoms with E-state index in [1.165, 1.54) is 10.6 Å². The minimum absolute atomic E-state index is 0.147. The van der Waals surface area contributed by atoms with Crippen molar-refractivity contribution in [3.63, 3.8) is 0 Å². The lowest BCUT2D eigenvalue weighted by Gasteiger charge is -2.34. The van der Waals surface area contributed by atoms with Crippen LogP contribution in [0.15, 0.2) is 18.2 Å². The molecular formula is C15H21ClN2O4S. The summed E-state index contributed by atoms with van der Waals surface area (Å²) in [7, 11) is -3.20. The average Bonchev–Trinajstić information content (AvgIpc) is 2.49. The first-order valence-corrected chi connectivity index (χ1v) is 9.58. The summed E-state index contributed by atoms with van der Waals surface area (Å²) in [6, 6.07) is 5.24. The Kier molecular flexibility index (Phi) is 5.54. The maximum Gasteiger partial charge on any atom is 0.263 e. The third kappa shape index (κ3) is 4.59. The van der Waals surface area contributed by atoms with Crippen LogP contribution in [0.4, 0.5) is 0 Å². The number of rotatable bonds is 4. The van der Waals surface area contributed by atoms with Crippen LogP contribution >= 0.6 is 11.6 Å². The average molecular weight is 361 g/mol. The fourth-order valence-electron chi connectivity index (χ4n) is 2.44. The number of piperazine rings is 1. The van der Waals surface area contributed by atoms with E-state index in [-0.39, 0.29) is 5.91 Å². The van der Waals surface area contributed by atoms with Crippen molar-refractivity contribution >= 4 is 27.5 Å². The van der Waals surface area contributed by atoms with Crippen molar-refractivity contribution in [2.45, 2.75) is 20.0 Å². The standard InChI is InChI=1S/C15H21ClN2O4S/c1-11-10-13(4-5-14(11)16)22-12(2)15(19)17-6-8-18(9-7-17)23(3,20)21/h4-5,10,12H,6-9H2,1-3H3. The van der Waals surface area contributed by atoms with Gasteiger partial charge in [0.1, 0.15) is 5.75 Å². The molecule has 0 spiro atoms. The summed E-state index contributed by atoms with van der Waals surface area (Å²) in [6.07, 6.45) is 0.541. The van der Waals surface area contributed by atoms with Gasteiger partial charge in [-0.2, -0.15) is 4.31 Å². The van der Waals surface area contributed by atoms with Crippen LogP contribution in [0.2, 0.25) is 5.02 Å². The quantitative estimate of drug-likeness (QED) is 0.816. The Bertz CT molecular complexity index is 685. The largest absolute Gasteiger partial charge is 0.481 e. The van der Waals surface area contributed by atoms with Crippen molar-refractivity contribution in [2.24, 2.45) is 0 Å². The van der Waals surface area contributed by atoms with Crippen molar-refractivity contribution in [3.8, 4) is 5.75 Å². The van der Waals surface area contributed by atoms with Gasteiger partial charge in [0.05, 0.1) is 6.26 Å². The smallest absolute Gasteiger partial charge is 0.263 e. The summed E-state index contributed by atoms with van der Waals surface area (Å²) >= 11 is 5.97. The van der Waals surface area contributed by atoms with E-state index in [1.807, 2.05) is 6.92 Å². The fourth-order valence-corrected chi connectivity index (χ4v) is 3.39. The Morgan fingerprint density at radius 3 is 2.39 bits per heavy atom. The predicted octanol–water partition coefficient (Wildman–Crippen LogP) is 1.52. The first-order chi connectivity index (χ1) is 10.7. The number of ether oxygens (including phenoxy) is 1. The van der Waals surface area contributed by atoms with Gasteiger partial charge in [-0.1, -0.05) is 11.6 Å². The highest BCUT2D eigenvalue weighted by molar-refractivity contribution is 7.88. The van der Waals surface area contributed by atoms with Crippen LogP contribution in [0.3, 0.4) is 0 Å². The highest BCUT2D eigenvalue weighted by atomic mass is 35.5. The van der Waals surface area contributed by atoms with E-state index in [0.29, 0.717) is 37.0 Å². The van der Waals surface area contributed by atoms with Crippen LogP contribution in [0, 0.1) is 6.92 Å². The monoisotopic (exact) mass is 360 g/mol. The van der Waals surface area contributed by atoms with E-state index >= 15 is 0 Å². The molecule has 1 atom stereocenters. The third-order valence-electron chi connectivity index (χ3n) is 3.81. The second-order valence-electron chi connectivity index (χ2n) is 5.66. The van der Waals surface area contributed by atoms with Crippen LogP contribution in [0.5, 0.6) is 5.75 Å². The summed E-state index contributed by atoms with van der Waals surface area (Å²) in [6.45, 7) is 4.94. The molecule has 0 radical (unpaired) electrons. The summed E-state index contributed by atoms with van der Waals surface area (Å²) in [4.78, 5) is 14.1. The fraction of sp³-hybridized carbons (Fsp3) is 0.533. The van der Waals surface area contributed by atoms with Gasteiger partial charge in [-0.05, 0) is 37.6 Å². The lowest BCUT2D eigenvalue weighted by molar-refractivity contribution is -0.139. The third-order valence-corrected chi connectivity index (χ3v) is 5.54.